The number of aromatic nitrogens is 3. The lowest BCUT2D eigenvalue weighted by Crippen LogP contribution is -2.10. The molecule has 1 heterocycles. The van der Waals surface area contributed by atoms with Crippen LogP contribution in [0.2, 0.25) is 0 Å². The van der Waals surface area contributed by atoms with Gasteiger partial charge in [-0.3, -0.25) is 0 Å². The van der Waals surface area contributed by atoms with Gasteiger partial charge in [-0.05, 0) is 73.0 Å². The van der Waals surface area contributed by atoms with Crippen LogP contribution in [0.5, 0.6) is 18.0 Å². The fraction of sp³-hybridized carbons (Fsp3) is 0.957. The second kappa shape index (κ2) is 67.3. The van der Waals surface area contributed by atoms with Gasteiger partial charge in [0.15, 0.2) is 0 Å². The number of unbranched alkanes of at least 4 members (excludes halogenated alkanes) is 48. The van der Waals surface area contributed by atoms with Crippen molar-refractivity contribution in [2.75, 3.05) is 54.3 Å². The van der Waals surface area contributed by atoms with E-state index < -0.39 is 0 Å². The van der Waals surface area contributed by atoms with Gasteiger partial charge in [-0.15, -0.1) is 15.0 Å². The molecule has 462 valence electrons. The first-order chi connectivity index (χ1) is 38.8. The third-order valence-corrected chi connectivity index (χ3v) is 19.2. The van der Waals surface area contributed by atoms with Crippen molar-refractivity contribution in [1.82, 2.24) is 15.0 Å². The summed E-state index contributed by atoms with van der Waals surface area (Å²) in [6.45, 7) is 8.71. The number of ether oxygens (including phenoxy) is 3. The summed E-state index contributed by atoms with van der Waals surface area (Å²) in [6.07, 6.45) is 75.7. The molecule has 0 N–H and O–H groups in total. The maximum absolute atomic E-state index is 6.09. The Morgan fingerprint density at radius 2 is 0.333 bits per heavy atom. The van der Waals surface area contributed by atoms with E-state index in [-0.39, 0.29) is 0 Å². The van der Waals surface area contributed by atoms with Crippen LogP contribution in [0.1, 0.15) is 367 Å². The molecule has 0 aromatic carbocycles. The maximum atomic E-state index is 6.09. The van der Waals surface area contributed by atoms with Crippen molar-refractivity contribution in [2.24, 2.45) is 0 Å². The molecule has 0 atom stereocenters. The predicted octanol–water partition coefficient (Wildman–Crippen LogP) is 24.3. The number of nitrogens with zero attached hydrogens (tertiary/aromatic N) is 3. The van der Waals surface area contributed by atoms with Crippen LogP contribution in [0.15, 0.2) is 0 Å². The molecule has 0 spiro atoms. The zero-order valence-electron chi connectivity index (χ0n) is 52.8. The highest BCUT2D eigenvalue weighted by Gasteiger charge is 2.11. The Balaban J connectivity index is 2.21. The van der Waals surface area contributed by atoms with Crippen LogP contribution in [-0.2, 0) is 0 Å². The first kappa shape index (κ1) is 75.5. The van der Waals surface area contributed by atoms with Crippen molar-refractivity contribution < 1.29 is 14.2 Å². The van der Waals surface area contributed by atoms with Crippen LogP contribution >= 0.6 is 35.3 Å². The topological polar surface area (TPSA) is 66.4 Å². The molecule has 0 saturated carbocycles. The van der Waals surface area contributed by atoms with E-state index in [2.05, 4.69) is 71.0 Å². The van der Waals surface area contributed by atoms with Crippen molar-refractivity contribution in [3.05, 3.63) is 0 Å². The third kappa shape index (κ3) is 60.1. The SMILES string of the molecule is CCCCCCCCCCCCCCCCCCCSCCCOc1nc(OCCCSCCCCCCCCCCCCCCCCCCC)nc(OCCCSCCCCCCCCCCCCCCCCCCC)n1. The van der Waals surface area contributed by atoms with E-state index >= 15 is 0 Å². The lowest BCUT2D eigenvalue weighted by Gasteiger charge is -2.10. The van der Waals surface area contributed by atoms with Crippen molar-refractivity contribution in [3.8, 4) is 18.0 Å². The van der Waals surface area contributed by atoms with Gasteiger partial charge in [0.25, 0.3) is 0 Å². The highest BCUT2D eigenvalue weighted by atomic mass is 32.2. The minimum atomic E-state index is 0.328. The van der Waals surface area contributed by atoms with Gasteiger partial charge in [0.2, 0.25) is 0 Å². The Morgan fingerprint density at radius 3 is 0.500 bits per heavy atom. The summed E-state index contributed by atoms with van der Waals surface area (Å²) in [5.41, 5.74) is 0. The first-order valence-electron chi connectivity index (χ1n) is 35.2. The van der Waals surface area contributed by atoms with E-state index in [0.29, 0.717) is 37.9 Å². The van der Waals surface area contributed by atoms with Gasteiger partial charge in [-0.1, -0.05) is 329 Å². The predicted molar refractivity (Wildman–Crippen MR) is 355 cm³/mol. The third-order valence-electron chi connectivity index (χ3n) is 15.7. The van der Waals surface area contributed by atoms with E-state index in [4.69, 9.17) is 14.2 Å². The number of hydrogen-bond donors (Lipinski definition) is 0. The molecule has 1 rings (SSSR count). The van der Waals surface area contributed by atoms with Gasteiger partial charge in [0.1, 0.15) is 0 Å². The smallest absolute Gasteiger partial charge is 0.325 e. The van der Waals surface area contributed by atoms with Gasteiger partial charge in [0.05, 0.1) is 19.8 Å². The normalized spacial score (nSPS) is 11.6. The van der Waals surface area contributed by atoms with Gasteiger partial charge in [-0.2, -0.15) is 35.3 Å². The molecule has 0 radical (unpaired) electrons. The van der Waals surface area contributed by atoms with Gasteiger partial charge >= 0.3 is 18.0 Å². The van der Waals surface area contributed by atoms with E-state index in [1.54, 1.807) is 0 Å². The minimum Gasteiger partial charge on any atom is -0.463 e. The van der Waals surface area contributed by atoms with Crippen molar-refractivity contribution in [2.45, 2.75) is 367 Å². The molecule has 0 saturated heterocycles. The summed E-state index contributed by atoms with van der Waals surface area (Å²) >= 11 is 6.17. The molecular weight excluding hydrogens is 1010 g/mol. The quantitative estimate of drug-likeness (QED) is 0.0594. The zero-order valence-corrected chi connectivity index (χ0v) is 55.3. The van der Waals surface area contributed by atoms with Gasteiger partial charge < -0.3 is 14.2 Å². The fourth-order valence-corrected chi connectivity index (χ4v) is 13.4. The van der Waals surface area contributed by atoms with E-state index in [1.807, 2.05) is 0 Å². The molecule has 0 aliphatic rings. The van der Waals surface area contributed by atoms with Crippen molar-refractivity contribution in [3.63, 3.8) is 0 Å². The molecule has 6 nitrogen and oxygen atoms in total. The van der Waals surface area contributed by atoms with E-state index in [9.17, 15) is 0 Å². The van der Waals surface area contributed by atoms with Crippen LogP contribution in [0, 0.1) is 0 Å². The second-order valence-corrected chi connectivity index (χ2v) is 27.3. The van der Waals surface area contributed by atoms with Gasteiger partial charge in [0, 0.05) is 0 Å². The lowest BCUT2D eigenvalue weighted by molar-refractivity contribution is 0.236. The Labute approximate surface area is 501 Å². The van der Waals surface area contributed by atoms with Crippen molar-refractivity contribution in [1.29, 1.82) is 0 Å². The molecule has 0 amide bonds. The van der Waals surface area contributed by atoms with Crippen LogP contribution in [-0.4, -0.2) is 69.3 Å². The second-order valence-electron chi connectivity index (χ2n) is 23.6. The summed E-state index contributed by atoms with van der Waals surface area (Å²) < 4.78 is 18.3. The molecule has 9 heteroatoms. The average molecular weight is 1150 g/mol. The molecule has 0 bridgehead atoms. The summed E-state index contributed by atoms with van der Waals surface area (Å²) in [4.78, 5) is 13.7. The molecule has 78 heavy (non-hydrogen) atoms. The highest BCUT2D eigenvalue weighted by molar-refractivity contribution is 7.99. The largest absolute Gasteiger partial charge is 0.463 e. The number of thioether (sulfide) groups is 3. The Kier molecular flexibility index (Phi) is 65.1. The first-order valence-corrected chi connectivity index (χ1v) is 38.6. The molecule has 0 fully saturated rings. The van der Waals surface area contributed by atoms with Crippen LogP contribution in [0.3, 0.4) is 0 Å². The van der Waals surface area contributed by atoms with Gasteiger partial charge in [-0.25, -0.2) is 0 Å². The van der Waals surface area contributed by atoms with Crippen LogP contribution < -0.4 is 14.2 Å². The number of rotatable bonds is 69. The summed E-state index contributed by atoms with van der Waals surface area (Å²) in [5.74, 6) is 7.04. The Morgan fingerprint density at radius 1 is 0.192 bits per heavy atom. The fourth-order valence-electron chi connectivity index (χ4n) is 10.6. The average Bonchev–Trinajstić information content (AvgIpc) is 3.45. The summed E-state index contributed by atoms with van der Waals surface area (Å²) in [7, 11) is 0. The number of hydrogen-bond acceptors (Lipinski definition) is 9. The zero-order chi connectivity index (χ0) is 55.6. The lowest BCUT2D eigenvalue weighted by atomic mass is 10.0. The highest BCUT2D eigenvalue weighted by Crippen LogP contribution is 2.21. The van der Waals surface area contributed by atoms with Crippen LogP contribution in [0.25, 0.3) is 0 Å². The molecule has 0 unspecified atom stereocenters. The molecule has 0 aliphatic heterocycles. The van der Waals surface area contributed by atoms with E-state index in [1.165, 1.54) is 345 Å². The van der Waals surface area contributed by atoms with E-state index in [0.717, 1.165) is 36.5 Å². The maximum Gasteiger partial charge on any atom is 0.325 e. The standard InChI is InChI=1S/C69H135N3O3S3/c1-4-7-10-13-16-19-22-25-28-31-34-37-40-43-46-49-52-61-76-64-55-58-73-67-70-68(74-59-56-65-77-62-53-50-47-44-41-38-35-32-29-26-23-20-17-14-11-8-5-2)72-69(71-67)75-60-57-66-78-63-54-51-48-45-42-39-36-33-30-27-24-21-18-15-12-9-6-3/h4-66H2,1-3H3. The summed E-state index contributed by atoms with van der Waals surface area (Å²) in [6, 6.07) is 0.985. The Bertz CT molecular complexity index is 1110. The minimum absolute atomic E-state index is 0.328. The molecule has 1 aromatic heterocycles. The molecule has 0 aliphatic carbocycles. The van der Waals surface area contributed by atoms with Crippen molar-refractivity contribution >= 4 is 35.3 Å². The Hall–Kier alpha value is -0.540. The molecule has 1 aromatic rings. The van der Waals surface area contributed by atoms with Crippen LogP contribution in [0.4, 0.5) is 0 Å². The monoisotopic (exact) mass is 1150 g/mol. The summed E-state index contributed by atoms with van der Waals surface area (Å²) in [5, 5.41) is 0. The molecular formula is C69H135N3O3S3.